The highest BCUT2D eigenvalue weighted by atomic mass is 32.2. The Balaban J connectivity index is 0. The Bertz CT molecular complexity index is 266. The summed E-state index contributed by atoms with van der Waals surface area (Å²) < 4.78 is 4.09. The van der Waals surface area contributed by atoms with Gasteiger partial charge in [0.25, 0.3) is 10.2 Å². The van der Waals surface area contributed by atoms with Crippen molar-refractivity contribution in [3.05, 3.63) is 0 Å². The van der Waals surface area contributed by atoms with Crippen molar-refractivity contribution in [3.8, 4) is 0 Å². The number of rotatable bonds is 2. The second-order valence-electron chi connectivity index (χ2n) is 1.97. The zero-order valence-corrected chi connectivity index (χ0v) is 9.89. The van der Waals surface area contributed by atoms with Crippen molar-refractivity contribution in [2.45, 2.75) is 13.3 Å². The van der Waals surface area contributed by atoms with Gasteiger partial charge in [-0.1, -0.05) is 19.6 Å². The molecule has 0 saturated heterocycles. The monoisotopic (exact) mass is 253 g/mol. The van der Waals surface area contributed by atoms with Gasteiger partial charge >= 0.3 is 5.30 Å². The van der Waals surface area contributed by atoms with Crippen molar-refractivity contribution in [1.29, 1.82) is 0 Å². The Kier molecular flexibility index (Phi) is 10.4. The molecule has 0 spiro atoms. The SMILES string of the molecule is CCC(N)=O.COC(=O)SC(=O)C(=O)S. The van der Waals surface area contributed by atoms with Crippen LogP contribution in [0.4, 0.5) is 4.79 Å². The number of methoxy groups -OCH3 is 1. The maximum atomic E-state index is 10.3. The molecule has 0 radical (unpaired) electrons. The van der Waals surface area contributed by atoms with Crippen molar-refractivity contribution >= 4 is 45.8 Å². The molecule has 15 heavy (non-hydrogen) atoms. The summed E-state index contributed by atoms with van der Waals surface area (Å²) in [4.78, 5) is 40.3. The maximum Gasteiger partial charge on any atom is 0.375 e. The summed E-state index contributed by atoms with van der Waals surface area (Å²) >= 11 is 3.37. The average molecular weight is 253 g/mol. The zero-order valence-electron chi connectivity index (χ0n) is 8.18. The van der Waals surface area contributed by atoms with E-state index >= 15 is 0 Å². The molecule has 0 aromatic carbocycles. The van der Waals surface area contributed by atoms with E-state index in [4.69, 9.17) is 0 Å². The van der Waals surface area contributed by atoms with Crippen molar-refractivity contribution in [1.82, 2.24) is 0 Å². The normalized spacial score (nSPS) is 8.20. The van der Waals surface area contributed by atoms with Crippen molar-refractivity contribution in [2.24, 2.45) is 5.73 Å². The molecule has 0 aliphatic rings. The number of ether oxygens (including phenoxy) is 1. The van der Waals surface area contributed by atoms with Gasteiger partial charge in [0.2, 0.25) is 5.91 Å². The van der Waals surface area contributed by atoms with E-state index in [0.29, 0.717) is 6.42 Å². The molecule has 0 saturated carbocycles. The molecule has 6 nitrogen and oxygen atoms in total. The number of hydrogen-bond donors (Lipinski definition) is 2. The molecule has 0 aliphatic heterocycles. The Labute approximate surface area is 96.3 Å². The molecule has 0 aromatic rings. The van der Waals surface area contributed by atoms with Crippen molar-refractivity contribution < 1.29 is 23.9 Å². The predicted octanol–water partition coefficient (Wildman–Crippen LogP) is 0.351. The van der Waals surface area contributed by atoms with Gasteiger partial charge in [0.15, 0.2) is 0 Å². The zero-order chi connectivity index (χ0) is 12.4. The summed E-state index contributed by atoms with van der Waals surface area (Å²) in [7, 11) is 1.12. The lowest BCUT2D eigenvalue weighted by molar-refractivity contribution is -0.126. The minimum atomic E-state index is -0.963. The average Bonchev–Trinajstić information content (AvgIpc) is 2.18. The molecule has 2 N–H and O–H groups in total. The predicted molar refractivity (Wildman–Crippen MR) is 58.5 cm³/mol. The highest BCUT2D eigenvalue weighted by Crippen LogP contribution is 2.07. The highest BCUT2D eigenvalue weighted by molar-refractivity contribution is 8.29. The van der Waals surface area contributed by atoms with Crippen LogP contribution in [0.2, 0.25) is 0 Å². The number of carbonyl (C=O) groups is 4. The van der Waals surface area contributed by atoms with Crippen LogP contribution in [0.5, 0.6) is 0 Å². The number of primary amides is 1. The van der Waals surface area contributed by atoms with Gasteiger partial charge in [-0.3, -0.25) is 14.4 Å². The van der Waals surface area contributed by atoms with Crippen LogP contribution in [0.1, 0.15) is 13.3 Å². The first-order valence-corrected chi connectivity index (χ1v) is 4.92. The summed E-state index contributed by atoms with van der Waals surface area (Å²) in [6, 6.07) is 0. The first-order chi connectivity index (χ1) is 6.84. The Morgan fingerprint density at radius 2 is 1.73 bits per heavy atom. The second kappa shape index (κ2) is 9.53. The number of carbonyl (C=O) groups excluding carboxylic acids is 4. The van der Waals surface area contributed by atoms with E-state index < -0.39 is 15.5 Å². The maximum absolute atomic E-state index is 10.3. The third kappa shape index (κ3) is 13.0. The standard InChI is InChI=1S/C4H4O4S2.C3H7NO/c1-8-4(7)10-3(6)2(5)9;1-2-3(4)5/h1H3,(H,5,9);2H2,1H3,(H2,4,5). The van der Waals surface area contributed by atoms with Crippen LogP contribution >= 0.6 is 24.4 Å². The van der Waals surface area contributed by atoms with Crippen LogP contribution in [-0.4, -0.2) is 28.5 Å². The summed E-state index contributed by atoms with van der Waals surface area (Å²) in [5.74, 6) is -0.245. The Morgan fingerprint density at radius 3 is 1.93 bits per heavy atom. The third-order valence-corrected chi connectivity index (χ3v) is 1.92. The van der Waals surface area contributed by atoms with E-state index in [9.17, 15) is 19.2 Å². The smallest absolute Gasteiger partial charge is 0.375 e. The summed E-state index contributed by atoms with van der Waals surface area (Å²) in [5.41, 5.74) is 4.65. The molecule has 8 heteroatoms. The van der Waals surface area contributed by atoms with Gasteiger partial charge in [-0.05, 0) is 0 Å². The van der Waals surface area contributed by atoms with Gasteiger partial charge in [-0.25, -0.2) is 4.79 Å². The van der Waals surface area contributed by atoms with E-state index in [1.165, 1.54) is 0 Å². The molecule has 0 fully saturated rings. The van der Waals surface area contributed by atoms with Crippen LogP contribution < -0.4 is 5.73 Å². The van der Waals surface area contributed by atoms with E-state index in [2.05, 4.69) is 23.1 Å². The first-order valence-electron chi connectivity index (χ1n) is 3.66. The molecular weight excluding hydrogens is 242 g/mol. The van der Waals surface area contributed by atoms with Crippen LogP contribution in [0, 0.1) is 0 Å². The fraction of sp³-hybridized carbons (Fsp3) is 0.429. The first kappa shape index (κ1) is 16.4. The highest BCUT2D eigenvalue weighted by Gasteiger charge is 2.15. The lowest BCUT2D eigenvalue weighted by Crippen LogP contribution is -2.06. The van der Waals surface area contributed by atoms with Crippen LogP contribution in [0.3, 0.4) is 0 Å². The van der Waals surface area contributed by atoms with Gasteiger partial charge in [0, 0.05) is 18.2 Å². The largest absolute Gasteiger partial charge is 0.461 e. The number of hydrogen-bond acceptors (Lipinski definition) is 6. The van der Waals surface area contributed by atoms with Crippen molar-refractivity contribution in [2.75, 3.05) is 7.11 Å². The molecular formula is C7H11NO5S2. The molecule has 86 valence electrons. The van der Waals surface area contributed by atoms with Gasteiger partial charge in [-0.2, -0.15) is 0 Å². The third-order valence-electron chi connectivity index (χ3n) is 0.866. The molecule has 1 amide bonds. The van der Waals surface area contributed by atoms with Crippen LogP contribution in [0.25, 0.3) is 0 Å². The van der Waals surface area contributed by atoms with E-state index in [1.54, 1.807) is 6.92 Å². The molecule has 0 aliphatic carbocycles. The van der Waals surface area contributed by atoms with Crippen LogP contribution in [-0.2, 0) is 19.1 Å². The molecule has 0 unspecified atom stereocenters. The molecule has 0 heterocycles. The number of nitrogens with two attached hydrogens (primary N) is 1. The topological polar surface area (TPSA) is 104 Å². The number of amides is 1. The number of thioether (sulfide) groups is 1. The van der Waals surface area contributed by atoms with E-state index in [-0.39, 0.29) is 17.7 Å². The number of thiol groups is 1. The van der Waals surface area contributed by atoms with Gasteiger partial charge < -0.3 is 10.5 Å². The summed E-state index contributed by atoms with van der Waals surface area (Å²) in [5, 5.41) is -2.71. The second-order valence-corrected chi connectivity index (χ2v) is 3.28. The fourth-order valence-electron chi connectivity index (χ4n) is 0.161. The Morgan fingerprint density at radius 1 is 1.33 bits per heavy atom. The fourth-order valence-corrected chi connectivity index (χ4v) is 0.620. The minimum absolute atomic E-state index is 0.182. The molecule has 0 rings (SSSR count). The molecule has 0 atom stereocenters. The van der Waals surface area contributed by atoms with E-state index in [0.717, 1.165) is 7.11 Å². The Hall–Kier alpha value is -1.02. The lowest BCUT2D eigenvalue weighted by atomic mass is 10.5. The van der Waals surface area contributed by atoms with Gasteiger partial charge in [-0.15, -0.1) is 0 Å². The van der Waals surface area contributed by atoms with Gasteiger partial charge in [0.1, 0.15) is 0 Å². The van der Waals surface area contributed by atoms with Crippen molar-refractivity contribution in [3.63, 3.8) is 0 Å². The summed E-state index contributed by atoms with van der Waals surface area (Å²) in [6.45, 7) is 1.72. The minimum Gasteiger partial charge on any atom is -0.461 e. The van der Waals surface area contributed by atoms with E-state index in [1.807, 2.05) is 0 Å². The summed E-state index contributed by atoms with van der Waals surface area (Å²) in [6.07, 6.45) is 0.444. The quantitative estimate of drug-likeness (QED) is 0.418. The van der Waals surface area contributed by atoms with Crippen LogP contribution in [0.15, 0.2) is 0 Å². The molecule has 0 aromatic heterocycles. The molecule has 0 bridgehead atoms. The lowest BCUT2D eigenvalue weighted by Gasteiger charge is -1.91. The van der Waals surface area contributed by atoms with Gasteiger partial charge in [0.05, 0.1) is 7.11 Å².